The highest BCUT2D eigenvalue weighted by atomic mass is 35.5. The average Bonchev–Trinajstić information content (AvgIpc) is 2.45. The number of allylic oxidation sites excluding steroid dienone is 2. The predicted molar refractivity (Wildman–Crippen MR) is 73.9 cm³/mol. The Morgan fingerprint density at radius 1 is 1.00 bits per heavy atom. The van der Waals surface area contributed by atoms with Gasteiger partial charge in [-0.15, -0.1) is 23.2 Å². The van der Waals surface area contributed by atoms with Crippen molar-refractivity contribution in [2.24, 2.45) is 11.8 Å². The SMILES string of the molecule is COc1cccc2c1[C@H]1C=C[C@@H]2[C@H]2[C@@H](Cl)[C@@H](Cl)[C@@H]21. The molecule has 5 rings (SSSR count). The molecule has 0 aliphatic heterocycles. The summed E-state index contributed by atoms with van der Waals surface area (Å²) in [5.74, 6) is 2.77. The number of hydrogen-bond donors (Lipinski definition) is 0. The monoisotopic (exact) mass is 280 g/mol. The summed E-state index contributed by atoms with van der Waals surface area (Å²) in [6, 6.07) is 6.32. The van der Waals surface area contributed by atoms with E-state index >= 15 is 0 Å². The van der Waals surface area contributed by atoms with Gasteiger partial charge in [-0.25, -0.2) is 0 Å². The third kappa shape index (κ3) is 1.15. The first-order valence-electron chi connectivity index (χ1n) is 6.37. The van der Waals surface area contributed by atoms with Crippen LogP contribution < -0.4 is 4.74 Å². The van der Waals surface area contributed by atoms with Crippen LogP contribution in [-0.4, -0.2) is 17.9 Å². The number of rotatable bonds is 1. The summed E-state index contributed by atoms with van der Waals surface area (Å²) < 4.78 is 5.53. The molecule has 1 aromatic carbocycles. The van der Waals surface area contributed by atoms with Crippen molar-refractivity contribution >= 4 is 23.2 Å². The molecule has 1 saturated carbocycles. The Labute approximate surface area is 117 Å². The zero-order chi connectivity index (χ0) is 12.4. The van der Waals surface area contributed by atoms with Gasteiger partial charge in [0.05, 0.1) is 17.9 Å². The van der Waals surface area contributed by atoms with E-state index in [2.05, 4.69) is 24.3 Å². The lowest BCUT2D eigenvalue weighted by Gasteiger charge is -2.58. The molecule has 94 valence electrons. The molecule has 0 aromatic heterocycles. The van der Waals surface area contributed by atoms with Crippen LogP contribution in [0.3, 0.4) is 0 Å². The molecule has 1 fully saturated rings. The van der Waals surface area contributed by atoms with E-state index in [1.807, 2.05) is 6.07 Å². The Bertz CT molecular complexity index is 539. The van der Waals surface area contributed by atoms with Crippen molar-refractivity contribution < 1.29 is 4.74 Å². The third-order valence-electron chi connectivity index (χ3n) is 4.85. The van der Waals surface area contributed by atoms with Crippen LogP contribution in [0, 0.1) is 11.8 Å². The standard InChI is InChI=1S/C15H14Cl2O/c1-18-10-4-2-3-7-8-5-6-9(11(7)10)13-12(8)14(16)15(13)17/h2-6,8-9,12-15H,1H3/t8-,9+,12+,13+,14+,15-/m0/s1. The van der Waals surface area contributed by atoms with Crippen LogP contribution in [-0.2, 0) is 0 Å². The number of methoxy groups -OCH3 is 1. The van der Waals surface area contributed by atoms with Gasteiger partial charge in [0, 0.05) is 17.4 Å². The minimum absolute atomic E-state index is 0.0900. The van der Waals surface area contributed by atoms with Gasteiger partial charge in [-0.05, 0) is 23.5 Å². The summed E-state index contributed by atoms with van der Waals surface area (Å²) in [7, 11) is 1.74. The highest BCUT2D eigenvalue weighted by Crippen LogP contribution is 2.64. The van der Waals surface area contributed by atoms with Gasteiger partial charge in [0.25, 0.3) is 0 Å². The number of halogens is 2. The second kappa shape index (κ2) is 3.68. The largest absolute Gasteiger partial charge is 0.496 e. The molecule has 0 heterocycles. The fraction of sp³-hybridized carbons (Fsp3) is 0.467. The highest BCUT2D eigenvalue weighted by Gasteiger charge is 2.59. The normalized spacial score (nSPS) is 43.1. The molecule has 0 N–H and O–H groups in total. The molecule has 18 heavy (non-hydrogen) atoms. The topological polar surface area (TPSA) is 9.23 Å². The molecular weight excluding hydrogens is 267 g/mol. The molecular formula is C15H14Cl2O. The van der Waals surface area contributed by atoms with Gasteiger partial charge in [0.1, 0.15) is 5.75 Å². The van der Waals surface area contributed by atoms with Crippen molar-refractivity contribution in [3.05, 3.63) is 41.5 Å². The van der Waals surface area contributed by atoms with Crippen LogP contribution in [0.15, 0.2) is 30.4 Å². The fourth-order valence-electron chi connectivity index (χ4n) is 4.06. The molecule has 3 heteroatoms. The molecule has 2 bridgehead atoms. The van der Waals surface area contributed by atoms with Gasteiger partial charge in [0.2, 0.25) is 0 Å². The van der Waals surface area contributed by atoms with E-state index < -0.39 is 0 Å². The summed E-state index contributed by atoms with van der Waals surface area (Å²) >= 11 is 12.8. The molecule has 0 unspecified atom stereocenters. The van der Waals surface area contributed by atoms with Gasteiger partial charge in [-0.3, -0.25) is 0 Å². The number of ether oxygens (including phenoxy) is 1. The maximum absolute atomic E-state index is 6.42. The van der Waals surface area contributed by atoms with Crippen molar-refractivity contribution in [2.75, 3.05) is 7.11 Å². The maximum Gasteiger partial charge on any atom is 0.122 e. The average molecular weight is 281 g/mol. The van der Waals surface area contributed by atoms with Crippen molar-refractivity contribution in [2.45, 2.75) is 22.6 Å². The Balaban J connectivity index is 1.91. The van der Waals surface area contributed by atoms with Gasteiger partial charge < -0.3 is 4.74 Å². The molecule has 1 aromatic rings. The quantitative estimate of drug-likeness (QED) is 0.560. The second-order valence-corrected chi connectivity index (χ2v) is 6.45. The minimum Gasteiger partial charge on any atom is -0.496 e. The van der Waals surface area contributed by atoms with Crippen molar-refractivity contribution in [1.82, 2.24) is 0 Å². The minimum atomic E-state index is 0.0900. The van der Waals surface area contributed by atoms with Crippen molar-refractivity contribution in [3.63, 3.8) is 0 Å². The Morgan fingerprint density at radius 2 is 1.67 bits per heavy atom. The van der Waals surface area contributed by atoms with Crippen LogP contribution >= 0.6 is 23.2 Å². The van der Waals surface area contributed by atoms with E-state index in [4.69, 9.17) is 27.9 Å². The highest BCUT2D eigenvalue weighted by molar-refractivity contribution is 6.31. The number of hydrogen-bond acceptors (Lipinski definition) is 1. The zero-order valence-corrected chi connectivity index (χ0v) is 11.5. The van der Waals surface area contributed by atoms with E-state index in [1.54, 1.807) is 7.11 Å². The van der Waals surface area contributed by atoms with Crippen LogP contribution in [0.1, 0.15) is 23.0 Å². The summed E-state index contributed by atoms with van der Waals surface area (Å²) in [5, 5.41) is 0.195. The Morgan fingerprint density at radius 3 is 2.39 bits per heavy atom. The Hall–Kier alpha value is -0.660. The summed E-state index contributed by atoms with van der Waals surface area (Å²) in [6.45, 7) is 0. The first-order chi connectivity index (χ1) is 8.74. The maximum atomic E-state index is 6.42. The van der Waals surface area contributed by atoms with Crippen LogP contribution in [0.4, 0.5) is 0 Å². The molecule has 4 aliphatic rings. The summed E-state index contributed by atoms with van der Waals surface area (Å²) in [5.41, 5.74) is 2.72. The lowest BCUT2D eigenvalue weighted by molar-refractivity contribution is 0.128. The summed E-state index contributed by atoms with van der Waals surface area (Å²) in [4.78, 5) is 0. The van der Waals surface area contributed by atoms with Gasteiger partial charge in [0.15, 0.2) is 0 Å². The molecule has 6 atom stereocenters. The smallest absolute Gasteiger partial charge is 0.122 e. The fourth-order valence-corrected chi connectivity index (χ4v) is 5.05. The zero-order valence-electron chi connectivity index (χ0n) is 10.0. The number of alkyl halides is 2. The van der Waals surface area contributed by atoms with E-state index in [1.165, 1.54) is 11.1 Å². The van der Waals surface area contributed by atoms with Crippen LogP contribution in [0.2, 0.25) is 0 Å². The molecule has 0 amide bonds. The lowest BCUT2D eigenvalue weighted by Crippen LogP contribution is -2.57. The molecule has 4 aliphatic carbocycles. The Kier molecular flexibility index (Phi) is 2.29. The summed E-state index contributed by atoms with van der Waals surface area (Å²) in [6.07, 6.45) is 4.61. The molecule has 0 radical (unpaired) electrons. The van der Waals surface area contributed by atoms with Gasteiger partial charge in [-0.2, -0.15) is 0 Å². The molecule has 1 nitrogen and oxygen atoms in total. The van der Waals surface area contributed by atoms with E-state index in [9.17, 15) is 0 Å². The van der Waals surface area contributed by atoms with Crippen molar-refractivity contribution in [3.8, 4) is 5.75 Å². The van der Waals surface area contributed by atoms with Crippen LogP contribution in [0.25, 0.3) is 0 Å². The first-order valence-corrected chi connectivity index (χ1v) is 7.24. The first kappa shape index (κ1) is 11.2. The molecule has 0 saturated heterocycles. The van der Waals surface area contributed by atoms with Gasteiger partial charge in [-0.1, -0.05) is 24.3 Å². The third-order valence-corrected chi connectivity index (χ3v) is 6.11. The lowest BCUT2D eigenvalue weighted by atomic mass is 9.51. The molecule has 0 spiro atoms. The van der Waals surface area contributed by atoms with Gasteiger partial charge >= 0.3 is 0 Å². The van der Waals surface area contributed by atoms with E-state index in [-0.39, 0.29) is 10.8 Å². The van der Waals surface area contributed by atoms with Crippen molar-refractivity contribution in [1.29, 1.82) is 0 Å². The number of benzene rings is 1. The van der Waals surface area contributed by atoms with E-state index in [0.29, 0.717) is 23.7 Å². The van der Waals surface area contributed by atoms with Crippen LogP contribution in [0.5, 0.6) is 5.75 Å². The second-order valence-electron chi connectivity index (χ2n) is 5.44. The predicted octanol–water partition coefficient (Wildman–Crippen LogP) is 3.91. The van der Waals surface area contributed by atoms with E-state index in [0.717, 1.165) is 5.75 Å².